The summed E-state index contributed by atoms with van der Waals surface area (Å²) < 4.78 is 10.6. The number of anilines is 2. The number of hydrogen-bond acceptors (Lipinski definition) is 7. The molecule has 0 saturated carbocycles. The minimum absolute atomic E-state index is 0.201. The Morgan fingerprint density at radius 3 is 2.86 bits per heavy atom. The molecule has 1 atom stereocenters. The van der Waals surface area contributed by atoms with E-state index < -0.39 is 0 Å². The molecule has 1 N–H and O–H groups in total. The Bertz CT molecular complexity index is 856. The van der Waals surface area contributed by atoms with E-state index in [4.69, 9.17) is 14.5 Å². The summed E-state index contributed by atoms with van der Waals surface area (Å²) in [5.74, 6) is 1.46. The third-order valence-electron chi connectivity index (χ3n) is 5.36. The van der Waals surface area contributed by atoms with Crippen LogP contribution in [-0.4, -0.2) is 54.0 Å². The van der Waals surface area contributed by atoms with Gasteiger partial charge in [0.15, 0.2) is 5.82 Å². The number of hydrogen-bond donors (Lipinski definition) is 1. The molecule has 1 amide bonds. The van der Waals surface area contributed by atoms with Gasteiger partial charge in [-0.05, 0) is 43.9 Å². The smallest absolute Gasteiger partial charge is 0.257 e. The van der Waals surface area contributed by atoms with Crippen LogP contribution in [0.1, 0.15) is 41.4 Å². The first-order valence-electron chi connectivity index (χ1n) is 9.72. The van der Waals surface area contributed by atoms with E-state index in [1.54, 1.807) is 12.1 Å². The van der Waals surface area contributed by atoms with E-state index in [-0.39, 0.29) is 5.91 Å². The van der Waals surface area contributed by atoms with E-state index in [9.17, 15) is 4.79 Å². The molecule has 0 aliphatic carbocycles. The molecule has 148 valence electrons. The van der Waals surface area contributed by atoms with Gasteiger partial charge in [0.2, 0.25) is 5.88 Å². The van der Waals surface area contributed by atoms with E-state index in [0.717, 1.165) is 36.5 Å². The minimum atomic E-state index is -0.201. The predicted molar refractivity (Wildman–Crippen MR) is 105 cm³/mol. The normalized spacial score (nSPS) is 19.1. The molecule has 1 saturated heterocycles. The lowest BCUT2D eigenvalue weighted by Gasteiger charge is -2.25. The van der Waals surface area contributed by atoms with Gasteiger partial charge in [-0.3, -0.25) is 4.79 Å². The first-order chi connectivity index (χ1) is 13.7. The van der Waals surface area contributed by atoms with Gasteiger partial charge < -0.3 is 19.7 Å². The molecule has 0 spiro atoms. The summed E-state index contributed by atoms with van der Waals surface area (Å²) in [5, 5.41) is 10.8. The van der Waals surface area contributed by atoms with Crippen molar-refractivity contribution in [3.63, 3.8) is 0 Å². The first-order valence-corrected chi connectivity index (χ1v) is 9.72. The summed E-state index contributed by atoms with van der Waals surface area (Å²) in [6.07, 6.45) is 3.68. The highest BCUT2D eigenvalue weighted by molar-refractivity contribution is 6.05. The van der Waals surface area contributed by atoms with Gasteiger partial charge in [-0.1, -0.05) is 0 Å². The highest BCUT2D eigenvalue weighted by atomic mass is 16.5. The molecule has 2 aromatic rings. The summed E-state index contributed by atoms with van der Waals surface area (Å²) in [4.78, 5) is 20.3. The van der Waals surface area contributed by atoms with Gasteiger partial charge in [0, 0.05) is 36.3 Å². The third kappa shape index (κ3) is 3.77. The van der Waals surface area contributed by atoms with E-state index >= 15 is 0 Å². The molecule has 0 aromatic carbocycles. The van der Waals surface area contributed by atoms with Crippen molar-refractivity contribution in [1.82, 2.24) is 15.2 Å². The second kappa shape index (κ2) is 8.10. The fourth-order valence-corrected chi connectivity index (χ4v) is 3.84. The van der Waals surface area contributed by atoms with Crippen molar-refractivity contribution in [3.05, 3.63) is 35.0 Å². The van der Waals surface area contributed by atoms with Crippen LogP contribution in [-0.2, 0) is 17.6 Å². The summed E-state index contributed by atoms with van der Waals surface area (Å²) in [5.41, 5.74) is 2.56. The molecule has 2 aliphatic rings. The minimum Gasteiger partial charge on any atom is -0.480 e. The molecular weight excluding hydrogens is 358 g/mol. The molecular formula is C20H25N5O3. The number of aromatic nitrogens is 3. The molecule has 0 unspecified atom stereocenters. The topological polar surface area (TPSA) is 89.5 Å². The van der Waals surface area contributed by atoms with Gasteiger partial charge in [-0.15, -0.1) is 10.2 Å². The van der Waals surface area contributed by atoms with Crippen molar-refractivity contribution in [2.45, 2.75) is 38.6 Å². The number of ether oxygens (including phenoxy) is 2. The highest BCUT2D eigenvalue weighted by Gasteiger charge is 2.26. The summed E-state index contributed by atoms with van der Waals surface area (Å²) in [7, 11) is 1.53. The Balaban J connectivity index is 1.67. The van der Waals surface area contributed by atoms with Crippen molar-refractivity contribution < 1.29 is 14.3 Å². The zero-order valence-corrected chi connectivity index (χ0v) is 16.3. The molecule has 0 bridgehead atoms. The Morgan fingerprint density at radius 2 is 2.14 bits per heavy atom. The average Bonchev–Trinajstić information content (AvgIpc) is 3.00. The molecule has 28 heavy (non-hydrogen) atoms. The maximum atomic E-state index is 13.1. The first kappa shape index (κ1) is 18.6. The summed E-state index contributed by atoms with van der Waals surface area (Å²) in [6, 6.07) is 5.69. The van der Waals surface area contributed by atoms with Crippen LogP contribution >= 0.6 is 0 Å². The number of nitrogens with zero attached hydrogens (tertiary/aromatic N) is 4. The predicted octanol–water partition coefficient (Wildman–Crippen LogP) is 2.24. The second-order valence-electron chi connectivity index (χ2n) is 7.17. The number of carbonyl (C=O) groups is 1. The van der Waals surface area contributed by atoms with E-state index in [2.05, 4.69) is 27.3 Å². The molecule has 2 aliphatic heterocycles. The maximum Gasteiger partial charge on any atom is 0.257 e. The van der Waals surface area contributed by atoms with Gasteiger partial charge in [-0.25, -0.2) is 4.98 Å². The number of rotatable bonds is 4. The van der Waals surface area contributed by atoms with Crippen LogP contribution in [0, 0.1) is 0 Å². The second-order valence-corrected chi connectivity index (χ2v) is 7.17. The Morgan fingerprint density at radius 1 is 1.29 bits per heavy atom. The van der Waals surface area contributed by atoms with Crippen molar-refractivity contribution in [1.29, 1.82) is 0 Å². The number of pyridine rings is 1. The van der Waals surface area contributed by atoms with Crippen LogP contribution < -0.4 is 15.0 Å². The van der Waals surface area contributed by atoms with Gasteiger partial charge in [-0.2, -0.15) is 0 Å². The lowest BCUT2D eigenvalue weighted by Crippen LogP contribution is -2.28. The molecule has 2 aromatic heterocycles. The molecule has 0 radical (unpaired) electrons. The van der Waals surface area contributed by atoms with Crippen molar-refractivity contribution in [2.24, 2.45) is 0 Å². The van der Waals surface area contributed by atoms with E-state index in [0.29, 0.717) is 49.4 Å². The van der Waals surface area contributed by atoms with Crippen LogP contribution in [0.5, 0.6) is 5.88 Å². The monoisotopic (exact) mass is 383 g/mol. The van der Waals surface area contributed by atoms with Crippen molar-refractivity contribution in [3.8, 4) is 5.88 Å². The van der Waals surface area contributed by atoms with Crippen molar-refractivity contribution in [2.75, 3.05) is 37.1 Å². The zero-order valence-electron chi connectivity index (χ0n) is 16.3. The summed E-state index contributed by atoms with van der Waals surface area (Å²) in [6.45, 7) is 4.39. The number of amides is 1. The number of nitrogens with one attached hydrogen (secondary N) is 1. The summed E-state index contributed by atoms with van der Waals surface area (Å²) >= 11 is 0. The maximum absolute atomic E-state index is 13.1. The molecule has 4 heterocycles. The van der Waals surface area contributed by atoms with Crippen LogP contribution in [0.2, 0.25) is 0 Å². The van der Waals surface area contributed by atoms with Crippen LogP contribution in [0.3, 0.4) is 0 Å². The van der Waals surface area contributed by atoms with E-state index in [1.807, 2.05) is 6.07 Å². The number of fused-ring (bicyclic) bond motifs is 1. The fourth-order valence-electron chi connectivity index (χ4n) is 3.84. The Labute approximate surface area is 164 Å². The zero-order chi connectivity index (χ0) is 19.5. The van der Waals surface area contributed by atoms with Crippen LogP contribution in [0.25, 0.3) is 0 Å². The van der Waals surface area contributed by atoms with Crippen LogP contribution in [0.15, 0.2) is 18.2 Å². The largest absolute Gasteiger partial charge is 0.480 e. The molecule has 1 fully saturated rings. The van der Waals surface area contributed by atoms with Crippen LogP contribution in [0.4, 0.5) is 11.6 Å². The number of carbonyl (C=O) groups excluding carboxylic acids is 1. The average molecular weight is 383 g/mol. The number of methoxy groups -OCH3 is 1. The quantitative estimate of drug-likeness (QED) is 0.866. The lowest BCUT2D eigenvalue weighted by atomic mass is 10.0. The van der Waals surface area contributed by atoms with Crippen molar-refractivity contribution >= 4 is 17.5 Å². The molecule has 8 nitrogen and oxygen atoms in total. The highest BCUT2D eigenvalue weighted by Crippen LogP contribution is 2.29. The molecule has 4 rings (SSSR count). The van der Waals surface area contributed by atoms with Gasteiger partial charge in [0.1, 0.15) is 5.82 Å². The van der Waals surface area contributed by atoms with Gasteiger partial charge in [0.05, 0.1) is 20.3 Å². The van der Waals surface area contributed by atoms with E-state index in [1.165, 1.54) is 7.11 Å². The van der Waals surface area contributed by atoms with Gasteiger partial charge >= 0.3 is 0 Å². The standard InChI is InChI=1S/C20H25N5O3/c1-13-4-3-9-25(13)18-12-15(14-7-10-28-11-8-16(14)21-18)20(26)22-17-5-6-19(27-2)24-23-17/h5-6,12-13H,3-4,7-11H2,1-2H3,(H,22,23,26)/t13-/m1/s1. The molecule has 8 heteroatoms. The van der Waals surface area contributed by atoms with Gasteiger partial charge in [0.25, 0.3) is 5.91 Å². The Kier molecular flexibility index (Phi) is 5.38. The Hall–Kier alpha value is -2.74. The lowest BCUT2D eigenvalue weighted by molar-refractivity contribution is 0.102. The fraction of sp³-hybridized carbons (Fsp3) is 0.500. The third-order valence-corrected chi connectivity index (χ3v) is 5.36. The SMILES string of the molecule is COc1ccc(NC(=O)c2cc(N3CCC[C@H]3C)nc3c2CCOCC3)nn1.